The summed E-state index contributed by atoms with van der Waals surface area (Å²) >= 11 is 0. The molecular weight excluding hydrogens is 224 g/mol. The standard InChI is InChI=1S/C14H20N4/c1-9-6-7-13(10(2)8-9)18-12(4)14(16-17-18)11(3)15-5/h6-8,11,15H,1-5H3. The Kier molecular flexibility index (Phi) is 3.48. The summed E-state index contributed by atoms with van der Waals surface area (Å²) in [5.41, 5.74) is 5.66. The normalized spacial score (nSPS) is 12.7. The van der Waals surface area contributed by atoms with E-state index in [2.05, 4.69) is 61.5 Å². The molecule has 4 heteroatoms. The van der Waals surface area contributed by atoms with E-state index in [1.54, 1.807) is 0 Å². The highest BCUT2D eigenvalue weighted by Crippen LogP contribution is 2.20. The van der Waals surface area contributed by atoms with Gasteiger partial charge in [0.2, 0.25) is 0 Å². The van der Waals surface area contributed by atoms with Crippen molar-refractivity contribution in [3.05, 3.63) is 40.7 Å². The summed E-state index contributed by atoms with van der Waals surface area (Å²) in [4.78, 5) is 0. The van der Waals surface area contributed by atoms with E-state index >= 15 is 0 Å². The molecule has 0 fully saturated rings. The molecule has 4 nitrogen and oxygen atoms in total. The summed E-state index contributed by atoms with van der Waals surface area (Å²) in [6.45, 7) is 8.34. The first kappa shape index (κ1) is 12.8. The third-order valence-corrected chi connectivity index (χ3v) is 3.35. The van der Waals surface area contributed by atoms with E-state index in [4.69, 9.17) is 0 Å². The molecule has 0 amide bonds. The highest BCUT2D eigenvalue weighted by atomic mass is 15.4. The Morgan fingerprint density at radius 1 is 1.22 bits per heavy atom. The molecule has 2 rings (SSSR count). The monoisotopic (exact) mass is 244 g/mol. The maximum Gasteiger partial charge on any atom is 0.103 e. The van der Waals surface area contributed by atoms with Crippen LogP contribution < -0.4 is 5.32 Å². The third-order valence-electron chi connectivity index (χ3n) is 3.35. The zero-order valence-corrected chi connectivity index (χ0v) is 11.7. The van der Waals surface area contributed by atoms with Crippen molar-refractivity contribution in [3.63, 3.8) is 0 Å². The minimum atomic E-state index is 0.213. The van der Waals surface area contributed by atoms with E-state index in [1.807, 2.05) is 11.7 Å². The van der Waals surface area contributed by atoms with Crippen LogP contribution in [0.25, 0.3) is 5.69 Å². The van der Waals surface area contributed by atoms with Gasteiger partial charge < -0.3 is 5.32 Å². The fraction of sp³-hybridized carbons (Fsp3) is 0.429. The minimum absolute atomic E-state index is 0.213. The van der Waals surface area contributed by atoms with Gasteiger partial charge in [-0.25, -0.2) is 4.68 Å². The van der Waals surface area contributed by atoms with Crippen LogP contribution >= 0.6 is 0 Å². The van der Waals surface area contributed by atoms with Crippen molar-refractivity contribution in [2.24, 2.45) is 0 Å². The van der Waals surface area contributed by atoms with Crippen molar-refractivity contribution in [1.82, 2.24) is 20.3 Å². The lowest BCUT2D eigenvalue weighted by Crippen LogP contribution is -2.14. The smallest absolute Gasteiger partial charge is 0.103 e. The Morgan fingerprint density at radius 2 is 1.94 bits per heavy atom. The van der Waals surface area contributed by atoms with E-state index in [9.17, 15) is 0 Å². The van der Waals surface area contributed by atoms with Crippen LogP contribution in [0, 0.1) is 20.8 Å². The van der Waals surface area contributed by atoms with Gasteiger partial charge in [0.15, 0.2) is 0 Å². The summed E-state index contributed by atoms with van der Waals surface area (Å²) in [6.07, 6.45) is 0. The SMILES string of the molecule is CNC(C)c1nnn(-c2ccc(C)cc2C)c1C. The number of hydrogen-bond acceptors (Lipinski definition) is 3. The second-order valence-electron chi connectivity index (χ2n) is 4.77. The molecule has 0 spiro atoms. The molecule has 1 aromatic carbocycles. The van der Waals surface area contributed by atoms with Crippen molar-refractivity contribution in [3.8, 4) is 5.69 Å². The van der Waals surface area contributed by atoms with Crippen molar-refractivity contribution >= 4 is 0 Å². The number of benzene rings is 1. The lowest BCUT2D eigenvalue weighted by atomic mass is 10.1. The summed E-state index contributed by atoms with van der Waals surface area (Å²) < 4.78 is 1.91. The molecule has 1 aromatic heterocycles. The van der Waals surface area contributed by atoms with Crippen LogP contribution in [0.2, 0.25) is 0 Å². The topological polar surface area (TPSA) is 42.7 Å². The van der Waals surface area contributed by atoms with Gasteiger partial charge in [-0.05, 0) is 46.4 Å². The fourth-order valence-corrected chi connectivity index (χ4v) is 2.15. The van der Waals surface area contributed by atoms with Crippen molar-refractivity contribution < 1.29 is 0 Å². The minimum Gasteiger partial charge on any atom is -0.312 e. The number of aromatic nitrogens is 3. The van der Waals surface area contributed by atoms with Crippen molar-refractivity contribution in [2.45, 2.75) is 33.7 Å². The Hall–Kier alpha value is -1.68. The van der Waals surface area contributed by atoms with E-state index < -0.39 is 0 Å². The molecule has 18 heavy (non-hydrogen) atoms. The Balaban J connectivity index is 2.49. The van der Waals surface area contributed by atoms with Crippen molar-refractivity contribution in [1.29, 1.82) is 0 Å². The average molecular weight is 244 g/mol. The molecule has 1 unspecified atom stereocenters. The van der Waals surface area contributed by atoms with Crippen LogP contribution in [0.4, 0.5) is 0 Å². The largest absolute Gasteiger partial charge is 0.312 e. The van der Waals surface area contributed by atoms with Crippen molar-refractivity contribution in [2.75, 3.05) is 7.05 Å². The number of nitrogens with zero attached hydrogens (tertiary/aromatic N) is 3. The van der Waals surface area contributed by atoms with Crippen LogP contribution in [-0.4, -0.2) is 22.0 Å². The molecule has 0 bridgehead atoms. The molecule has 0 aliphatic carbocycles. The zero-order valence-electron chi connectivity index (χ0n) is 11.7. The van der Waals surface area contributed by atoms with Gasteiger partial charge in [-0.2, -0.15) is 0 Å². The van der Waals surface area contributed by atoms with Gasteiger partial charge in [0, 0.05) is 0 Å². The average Bonchev–Trinajstić information content (AvgIpc) is 2.70. The molecule has 0 aliphatic rings. The van der Waals surface area contributed by atoms with Crippen LogP contribution in [0.3, 0.4) is 0 Å². The number of rotatable bonds is 3. The van der Waals surface area contributed by atoms with Gasteiger partial charge in [0.05, 0.1) is 17.4 Å². The Bertz CT molecular complexity index is 557. The number of hydrogen-bond donors (Lipinski definition) is 1. The summed E-state index contributed by atoms with van der Waals surface area (Å²) in [5, 5.41) is 11.7. The number of nitrogens with one attached hydrogen (secondary N) is 1. The van der Waals surface area contributed by atoms with Gasteiger partial charge in [0.1, 0.15) is 5.69 Å². The van der Waals surface area contributed by atoms with Gasteiger partial charge in [0.25, 0.3) is 0 Å². The molecule has 1 N–H and O–H groups in total. The van der Waals surface area contributed by atoms with Gasteiger partial charge in [-0.3, -0.25) is 0 Å². The summed E-state index contributed by atoms with van der Waals surface area (Å²) in [7, 11) is 1.93. The zero-order chi connectivity index (χ0) is 13.3. The first-order valence-electron chi connectivity index (χ1n) is 6.21. The first-order chi connectivity index (χ1) is 8.54. The maximum atomic E-state index is 4.28. The molecule has 2 aromatic rings. The van der Waals surface area contributed by atoms with Gasteiger partial charge >= 0.3 is 0 Å². The molecular formula is C14H20N4. The third kappa shape index (κ3) is 2.16. The van der Waals surface area contributed by atoms with Crippen LogP contribution in [0.1, 0.15) is 35.5 Å². The summed E-state index contributed by atoms with van der Waals surface area (Å²) in [5.74, 6) is 0. The van der Waals surface area contributed by atoms with Crippen LogP contribution in [-0.2, 0) is 0 Å². The predicted molar refractivity (Wildman–Crippen MR) is 73.0 cm³/mol. The second-order valence-corrected chi connectivity index (χ2v) is 4.77. The quantitative estimate of drug-likeness (QED) is 0.902. The molecule has 0 saturated heterocycles. The van der Waals surface area contributed by atoms with E-state index in [0.29, 0.717) is 0 Å². The lowest BCUT2D eigenvalue weighted by molar-refractivity contribution is 0.627. The second kappa shape index (κ2) is 4.90. The highest BCUT2D eigenvalue weighted by Gasteiger charge is 2.15. The molecule has 0 saturated carbocycles. The maximum absolute atomic E-state index is 4.28. The predicted octanol–water partition coefficient (Wildman–Crippen LogP) is 2.47. The Labute approximate surface area is 108 Å². The highest BCUT2D eigenvalue weighted by molar-refractivity contribution is 5.43. The van der Waals surface area contributed by atoms with E-state index in [1.165, 1.54) is 11.1 Å². The first-order valence-corrected chi connectivity index (χ1v) is 6.21. The van der Waals surface area contributed by atoms with E-state index in [0.717, 1.165) is 17.1 Å². The molecule has 0 radical (unpaired) electrons. The van der Waals surface area contributed by atoms with Crippen LogP contribution in [0.15, 0.2) is 18.2 Å². The lowest BCUT2D eigenvalue weighted by Gasteiger charge is -2.10. The fourth-order valence-electron chi connectivity index (χ4n) is 2.15. The van der Waals surface area contributed by atoms with Crippen LogP contribution in [0.5, 0.6) is 0 Å². The molecule has 96 valence electrons. The van der Waals surface area contributed by atoms with Gasteiger partial charge in [-0.15, -0.1) is 5.10 Å². The number of aryl methyl sites for hydroxylation is 2. The molecule has 1 atom stereocenters. The Morgan fingerprint density at radius 3 is 2.56 bits per heavy atom. The summed E-state index contributed by atoms with van der Waals surface area (Å²) in [6, 6.07) is 6.58. The molecule has 0 aliphatic heterocycles. The molecule has 1 heterocycles. The van der Waals surface area contributed by atoms with E-state index in [-0.39, 0.29) is 6.04 Å². The van der Waals surface area contributed by atoms with Gasteiger partial charge in [-0.1, -0.05) is 22.9 Å².